The molecule has 0 spiro atoms. The van der Waals surface area contributed by atoms with Crippen LogP contribution in [0.4, 0.5) is 0 Å². The molecule has 1 aliphatic carbocycles. The Balaban J connectivity index is 1.08. The van der Waals surface area contributed by atoms with Crippen LogP contribution in [0.5, 0.6) is 0 Å². The maximum Gasteiger partial charge on any atom is 0.0544 e. The third kappa shape index (κ3) is 5.88. The minimum absolute atomic E-state index is 0.140. The second-order valence-electron chi connectivity index (χ2n) is 18.2. The van der Waals surface area contributed by atoms with Crippen LogP contribution in [0.1, 0.15) is 25.0 Å². The van der Waals surface area contributed by atoms with Crippen LogP contribution in [0.15, 0.2) is 231 Å². The summed E-state index contributed by atoms with van der Waals surface area (Å²) in [4.78, 5) is 0. The summed E-state index contributed by atoms with van der Waals surface area (Å²) >= 11 is 0. The quantitative estimate of drug-likeness (QED) is 0.158. The van der Waals surface area contributed by atoms with Gasteiger partial charge in [-0.05, 0) is 152 Å². The molecule has 0 radical (unpaired) electrons. The van der Waals surface area contributed by atoms with Crippen LogP contribution in [0.3, 0.4) is 0 Å². The molecule has 13 rings (SSSR count). The van der Waals surface area contributed by atoms with Crippen molar-refractivity contribution >= 4 is 43.6 Å². The van der Waals surface area contributed by atoms with Crippen molar-refractivity contribution in [1.29, 1.82) is 0 Å². The molecule has 0 saturated heterocycles. The summed E-state index contributed by atoms with van der Waals surface area (Å²) in [5.74, 6) is 0. The van der Waals surface area contributed by atoms with Gasteiger partial charge in [-0.15, -0.1) is 0 Å². The molecule has 0 unspecified atom stereocenters. The van der Waals surface area contributed by atoms with E-state index in [1.807, 2.05) is 0 Å². The van der Waals surface area contributed by atoms with E-state index in [9.17, 15) is 0 Å². The van der Waals surface area contributed by atoms with Crippen LogP contribution in [0, 0.1) is 0 Å². The summed E-state index contributed by atoms with van der Waals surface area (Å²) in [7, 11) is 0. The second-order valence-corrected chi connectivity index (χ2v) is 18.2. The van der Waals surface area contributed by atoms with E-state index in [1.54, 1.807) is 0 Å². The highest BCUT2D eigenvalue weighted by Gasteiger charge is 2.36. The Morgan fingerprint density at radius 3 is 1.28 bits per heavy atom. The smallest absolute Gasteiger partial charge is 0.0544 e. The lowest BCUT2D eigenvalue weighted by Crippen LogP contribution is -2.14. The van der Waals surface area contributed by atoms with Crippen LogP contribution in [0.25, 0.3) is 111 Å². The first kappa shape index (κ1) is 37.4. The largest absolute Gasteiger partial charge is 0.309 e. The maximum atomic E-state index is 2.52. The van der Waals surface area contributed by atoms with E-state index in [2.05, 4.69) is 254 Å². The summed E-state index contributed by atoms with van der Waals surface area (Å²) in [5.41, 5.74) is 22.0. The summed E-state index contributed by atoms with van der Waals surface area (Å²) in [6.07, 6.45) is 0. The second kappa shape index (κ2) is 14.4. The zero-order valence-corrected chi connectivity index (χ0v) is 36.3. The lowest BCUT2D eigenvalue weighted by atomic mass is 9.82. The molecule has 0 N–H and O–H groups in total. The lowest BCUT2D eigenvalue weighted by molar-refractivity contribution is 0.661. The molecular weight excluding hydrogens is 785 g/mol. The highest BCUT2D eigenvalue weighted by atomic mass is 15.0. The first-order valence-corrected chi connectivity index (χ1v) is 22.7. The van der Waals surface area contributed by atoms with Gasteiger partial charge in [0.1, 0.15) is 0 Å². The monoisotopic (exact) mass is 828 g/mol. The van der Waals surface area contributed by atoms with Crippen molar-refractivity contribution in [3.8, 4) is 67.0 Å². The van der Waals surface area contributed by atoms with Crippen LogP contribution in [0.2, 0.25) is 0 Å². The molecule has 1 aliphatic rings. The molecular formula is C63H44N2. The number of hydrogen-bond acceptors (Lipinski definition) is 0. The van der Waals surface area contributed by atoms with Gasteiger partial charge in [-0.25, -0.2) is 0 Å². The first-order chi connectivity index (χ1) is 32.0. The highest BCUT2D eigenvalue weighted by Crippen LogP contribution is 2.51. The summed E-state index contributed by atoms with van der Waals surface area (Å²) in [5, 5.41) is 4.96. The molecule has 0 aliphatic heterocycles. The third-order valence-corrected chi connectivity index (χ3v) is 14.1. The minimum atomic E-state index is -0.140. The molecule has 0 saturated carbocycles. The Labute approximate surface area is 378 Å². The van der Waals surface area contributed by atoms with Gasteiger partial charge in [0.15, 0.2) is 0 Å². The van der Waals surface area contributed by atoms with Crippen LogP contribution in [-0.4, -0.2) is 9.13 Å². The average molecular weight is 829 g/mol. The highest BCUT2D eigenvalue weighted by molar-refractivity contribution is 6.15. The average Bonchev–Trinajstić information content (AvgIpc) is 3.95. The van der Waals surface area contributed by atoms with Crippen LogP contribution >= 0.6 is 0 Å². The third-order valence-electron chi connectivity index (χ3n) is 14.1. The van der Waals surface area contributed by atoms with Gasteiger partial charge in [-0.1, -0.05) is 159 Å². The number of hydrogen-bond donors (Lipinski definition) is 0. The molecule has 2 aromatic heterocycles. The Hall–Kier alpha value is -8.20. The fourth-order valence-corrected chi connectivity index (χ4v) is 10.9. The van der Waals surface area contributed by atoms with Gasteiger partial charge in [0, 0.05) is 38.3 Å². The normalized spacial score (nSPS) is 12.9. The van der Waals surface area contributed by atoms with E-state index < -0.39 is 0 Å². The standard InChI is InChI=1S/C63H44N2/c1-63(2)57-26-16-15-25-51(57)52-39-56-54-37-45(48-34-46(42-19-9-4-10-20-42)33-47(35-48)43-21-11-5-12-22-43)28-31-60(54)65(62(56)40-58(52)63)50-29-32-61-55(38-50)53-36-44(41-17-7-3-8-18-41)27-30-59(53)64(61)49-23-13-6-14-24-49/h3-40H,1-2H3. The van der Waals surface area contributed by atoms with Gasteiger partial charge in [0.2, 0.25) is 0 Å². The molecule has 12 aromatic rings. The SMILES string of the molecule is CC1(C)c2ccccc2-c2cc3c4cc(-c5cc(-c6ccccc6)cc(-c6ccccc6)c5)ccc4n(-c4ccc5c(c4)c4cc(-c6ccccc6)ccc4n5-c4ccccc4)c3cc21. The Morgan fingerprint density at radius 2 is 0.692 bits per heavy atom. The van der Waals surface area contributed by atoms with Crippen LogP contribution < -0.4 is 0 Å². The van der Waals surface area contributed by atoms with Crippen molar-refractivity contribution in [1.82, 2.24) is 9.13 Å². The van der Waals surface area contributed by atoms with Gasteiger partial charge in [0.05, 0.1) is 22.1 Å². The molecule has 0 amide bonds. The fourth-order valence-electron chi connectivity index (χ4n) is 10.9. The van der Waals surface area contributed by atoms with Gasteiger partial charge < -0.3 is 9.13 Å². The number of aromatic nitrogens is 2. The lowest BCUT2D eigenvalue weighted by Gasteiger charge is -2.21. The molecule has 2 heterocycles. The number of fused-ring (bicyclic) bond motifs is 9. The van der Waals surface area contributed by atoms with Crippen molar-refractivity contribution in [2.75, 3.05) is 0 Å². The fraction of sp³-hybridized carbons (Fsp3) is 0.0476. The molecule has 2 heteroatoms. The molecule has 0 fully saturated rings. The molecule has 10 aromatic carbocycles. The Bertz CT molecular complexity index is 3760. The Morgan fingerprint density at radius 1 is 0.262 bits per heavy atom. The topological polar surface area (TPSA) is 9.86 Å². The number of para-hydroxylation sites is 1. The Kier molecular flexibility index (Phi) is 8.29. The predicted molar refractivity (Wildman–Crippen MR) is 274 cm³/mol. The maximum absolute atomic E-state index is 2.52. The summed E-state index contributed by atoms with van der Waals surface area (Å²) in [6.45, 7) is 4.76. The first-order valence-electron chi connectivity index (χ1n) is 22.7. The minimum Gasteiger partial charge on any atom is -0.309 e. The van der Waals surface area contributed by atoms with Gasteiger partial charge >= 0.3 is 0 Å². The van der Waals surface area contributed by atoms with E-state index >= 15 is 0 Å². The van der Waals surface area contributed by atoms with Crippen molar-refractivity contribution in [3.63, 3.8) is 0 Å². The van der Waals surface area contributed by atoms with E-state index in [0.29, 0.717) is 0 Å². The van der Waals surface area contributed by atoms with Crippen molar-refractivity contribution in [2.24, 2.45) is 0 Å². The van der Waals surface area contributed by atoms with E-state index in [0.717, 1.165) is 11.4 Å². The zero-order valence-electron chi connectivity index (χ0n) is 36.3. The van der Waals surface area contributed by atoms with Gasteiger partial charge in [0.25, 0.3) is 0 Å². The van der Waals surface area contributed by atoms with E-state index in [-0.39, 0.29) is 5.41 Å². The predicted octanol–water partition coefficient (Wildman–Crippen LogP) is 16.9. The van der Waals surface area contributed by atoms with Crippen LogP contribution in [-0.2, 0) is 5.41 Å². The van der Waals surface area contributed by atoms with Gasteiger partial charge in [-0.2, -0.15) is 0 Å². The van der Waals surface area contributed by atoms with Crippen molar-refractivity contribution in [2.45, 2.75) is 19.3 Å². The van der Waals surface area contributed by atoms with E-state index in [4.69, 9.17) is 0 Å². The summed E-state index contributed by atoms with van der Waals surface area (Å²) in [6, 6.07) is 85.2. The molecule has 306 valence electrons. The zero-order chi connectivity index (χ0) is 43.2. The molecule has 0 bridgehead atoms. The molecule has 65 heavy (non-hydrogen) atoms. The molecule has 2 nitrogen and oxygen atoms in total. The number of nitrogens with zero attached hydrogens (tertiary/aromatic N) is 2. The number of benzene rings is 10. The van der Waals surface area contributed by atoms with Crippen molar-refractivity contribution in [3.05, 3.63) is 242 Å². The van der Waals surface area contributed by atoms with Gasteiger partial charge in [-0.3, -0.25) is 0 Å². The molecule has 0 atom stereocenters. The van der Waals surface area contributed by atoms with E-state index in [1.165, 1.54) is 110 Å². The summed E-state index contributed by atoms with van der Waals surface area (Å²) < 4.78 is 4.94. The number of rotatable bonds is 6. The van der Waals surface area contributed by atoms with Crippen molar-refractivity contribution < 1.29 is 0 Å².